The SMILES string of the molecule is O=C(Nc1cccc(-c2nc3ccccc3s2)c1)[C@H]1COCCN1. The van der Waals surface area contributed by atoms with E-state index in [1.165, 1.54) is 0 Å². The van der Waals surface area contributed by atoms with Gasteiger partial charge in [-0.1, -0.05) is 24.3 Å². The van der Waals surface area contributed by atoms with E-state index in [-0.39, 0.29) is 11.9 Å². The van der Waals surface area contributed by atoms with Crippen LogP contribution in [-0.2, 0) is 9.53 Å². The maximum Gasteiger partial charge on any atom is 0.243 e. The van der Waals surface area contributed by atoms with Gasteiger partial charge in [-0.3, -0.25) is 4.79 Å². The van der Waals surface area contributed by atoms with Crippen LogP contribution in [0.3, 0.4) is 0 Å². The summed E-state index contributed by atoms with van der Waals surface area (Å²) in [4.78, 5) is 17.0. The summed E-state index contributed by atoms with van der Waals surface area (Å²) >= 11 is 1.65. The Morgan fingerprint density at radius 2 is 2.17 bits per heavy atom. The van der Waals surface area contributed by atoms with Crippen LogP contribution in [0, 0.1) is 0 Å². The van der Waals surface area contributed by atoms with Gasteiger partial charge in [0.2, 0.25) is 5.91 Å². The smallest absolute Gasteiger partial charge is 0.243 e. The van der Waals surface area contributed by atoms with Gasteiger partial charge in [0.1, 0.15) is 11.0 Å². The molecule has 0 bridgehead atoms. The van der Waals surface area contributed by atoms with Crippen LogP contribution in [-0.4, -0.2) is 36.7 Å². The number of carbonyl (C=O) groups excluding carboxylic acids is 1. The number of anilines is 1. The van der Waals surface area contributed by atoms with Gasteiger partial charge in [0.25, 0.3) is 0 Å². The first-order valence-electron chi connectivity index (χ1n) is 7.87. The van der Waals surface area contributed by atoms with Crippen molar-refractivity contribution >= 4 is 33.1 Å². The van der Waals surface area contributed by atoms with Crippen molar-refractivity contribution < 1.29 is 9.53 Å². The Morgan fingerprint density at radius 1 is 1.25 bits per heavy atom. The summed E-state index contributed by atoms with van der Waals surface area (Å²) < 4.78 is 6.49. The van der Waals surface area contributed by atoms with E-state index in [0.29, 0.717) is 19.8 Å². The monoisotopic (exact) mass is 339 g/mol. The summed E-state index contributed by atoms with van der Waals surface area (Å²) in [6, 6.07) is 15.6. The van der Waals surface area contributed by atoms with Gasteiger partial charge in [0.15, 0.2) is 0 Å². The molecule has 6 heteroatoms. The highest BCUT2D eigenvalue weighted by Gasteiger charge is 2.21. The zero-order valence-corrected chi connectivity index (χ0v) is 13.8. The molecule has 0 radical (unpaired) electrons. The fraction of sp³-hybridized carbons (Fsp3) is 0.222. The van der Waals surface area contributed by atoms with Gasteiger partial charge in [-0.25, -0.2) is 4.98 Å². The van der Waals surface area contributed by atoms with Gasteiger partial charge in [-0.2, -0.15) is 0 Å². The quantitative estimate of drug-likeness (QED) is 0.770. The number of rotatable bonds is 3. The van der Waals surface area contributed by atoms with Crippen molar-refractivity contribution in [2.24, 2.45) is 0 Å². The first-order valence-corrected chi connectivity index (χ1v) is 8.69. The normalized spacial score (nSPS) is 17.8. The maximum atomic E-state index is 12.3. The standard InChI is InChI=1S/C18H17N3O2S/c22-17(15-11-23-9-8-19-15)20-13-5-3-4-12(10-13)18-21-14-6-1-2-7-16(14)24-18/h1-7,10,15,19H,8-9,11H2,(H,20,22)/t15-/m1/s1. The molecule has 4 rings (SSSR count). The Bertz CT molecular complexity index is 838. The van der Waals surface area contributed by atoms with Gasteiger partial charge in [0, 0.05) is 17.8 Å². The molecular formula is C18H17N3O2S. The van der Waals surface area contributed by atoms with E-state index < -0.39 is 0 Å². The van der Waals surface area contributed by atoms with Crippen molar-refractivity contribution in [3.05, 3.63) is 48.5 Å². The van der Waals surface area contributed by atoms with Crippen molar-refractivity contribution in [1.29, 1.82) is 0 Å². The maximum absolute atomic E-state index is 12.3. The van der Waals surface area contributed by atoms with Crippen LogP contribution < -0.4 is 10.6 Å². The zero-order valence-electron chi connectivity index (χ0n) is 13.0. The Hall–Kier alpha value is -2.28. The lowest BCUT2D eigenvalue weighted by Crippen LogP contribution is -2.48. The molecule has 3 aromatic rings. The molecule has 1 aromatic heterocycles. The number of ether oxygens (including phenoxy) is 1. The highest BCUT2D eigenvalue weighted by molar-refractivity contribution is 7.21. The van der Waals surface area contributed by atoms with E-state index in [1.807, 2.05) is 42.5 Å². The number of hydrogen-bond acceptors (Lipinski definition) is 5. The number of hydrogen-bond donors (Lipinski definition) is 2. The summed E-state index contributed by atoms with van der Waals surface area (Å²) in [6.45, 7) is 1.75. The Balaban J connectivity index is 1.55. The molecule has 0 unspecified atom stereocenters. The Morgan fingerprint density at radius 3 is 3.00 bits per heavy atom. The zero-order chi connectivity index (χ0) is 16.4. The minimum absolute atomic E-state index is 0.0730. The van der Waals surface area contributed by atoms with Crippen molar-refractivity contribution in [2.45, 2.75) is 6.04 Å². The largest absolute Gasteiger partial charge is 0.378 e. The first-order chi connectivity index (χ1) is 11.8. The van der Waals surface area contributed by atoms with Crippen molar-refractivity contribution in [1.82, 2.24) is 10.3 Å². The second-order valence-corrected chi connectivity index (χ2v) is 6.67. The van der Waals surface area contributed by atoms with Crippen molar-refractivity contribution in [3.63, 3.8) is 0 Å². The molecule has 1 aliphatic heterocycles. The van der Waals surface area contributed by atoms with Crippen LogP contribution in [0.4, 0.5) is 5.69 Å². The fourth-order valence-electron chi connectivity index (χ4n) is 2.69. The van der Waals surface area contributed by atoms with Gasteiger partial charge in [-0.05, 0) is 24.3 Å². The van der Waals surface area contributed by atoms with Crippen molar-refractivity contribution in [2.75, 3.05) is 25.1 Å². The summed E-state index contributed by atoms with van der Waals surface area (Å²) in [5.41, 5.74) is 2.77. The average molecular weight is 339 g/mol. The molecule has 0 saturated carbocycles. The predicted molar refractivity (Wildman–Crippen MR) is 96.3 cm³/mol. The summed E-state index contributed by atoms with van der Waals surface area (Å²) in [5.74, 6) is -0.0730. The highest BCUT2D eigenvalue weighted by Crippen LogP contribution is 2.31. The number of para-hydroxylation sites is 1. The third-order valence-corrected chi connectivity index (χ3v) is 4.99. The van der Waals surface area contributed by atoms with Gasteiger partial charge >= 0.3 is 0 Å². The minimum atomic E-state index is -0.301. The summed E-state index contributed by atoms with van der Waals surface area (Å²) in [5, 5.41) is 7.06. The number of fused-ring (bicyclic) bond motifs is 1. The molecule has 1 atom stereocenters. The van der Waals surface area contributed by atoms with E-state index >= 15 is 0 Å². The molecule has 2 heterocycles. The van der Waals surface area contributed by atoms with E-state index in [2.05, 4.69) is 21.7 Å². The lowest BCUT2D eigenvalue weighted by Gasteiger charge is -2.22. The number of amides is 1. The molecule has 2 aromatic carbocycles. The van der Waals surface area contributed by atoms with Gasteiger partial charge in [0.05, 0.1) is 23.4 Å². The molecule has 122 valence electrons. The van der Waals surface area contributed by atoms with Crippen LogP contribution in [0.1, 0.15) is 0 Å². The number of carbonyl (C=O) groups is 1. The van der Waals surface area contributed by atoms with Crippen LogP contribution in [0.25, 0.3) is 20.8 Å². The molecule has 1 fully saturated rings. The number of morpholine rings is 1. The summed E-state index contributed by atoms with van der Waals surface area (Å²) in [6.07, 6.45) is 0. The highest BCUT2D eigenvalue weighted by atomic mass is 32.1. The number of nitrogens with one attached hydrogen (secondary N) is 2. The van der Waals surface area contributed by atoms with Crippen LogP contribution >= 0.6 is 11.3 Å². The number of thiazole rings is 1. The predicted octanol–water partition coefficient (Wildman–Crippen LogP) is 2.89. The average Bonchev–Trinajstić information content (AvgIpc) is 3.07. The molecule has 1 amide bonds. The lowest BCUT2D eigenvalue weighted by atomic mass is 10.2. The Kier molecular flexibility index (Phi) is 4.25. The first kappa shape index (κ1) is 15.3. The second kappa shape index (κ2) is 6.68. The molecule has 24 heavy (non-hydrogen) atoms. The summed E-state index contributed by atoms with van der Waals surface area (Å²) in [7, 11) is 0. The number of benzene rings is 2. The molecule has 0 aliphatic carbocycles. The second-order valence-electron chi connectivity index (χ2n) is 5.64. The third-order valence-electron chi connectivity index (χ3n) is 3.91. The molecule has 5 nitrogen and oxygen atoms in total. The number of aromatic nitrogens is 1. The van der Waals surface area contributed by atoms with E-state index in [0.717, 1.165) is 26.5 Å². The molecule has 2 N–H and O–H groups in total. The molecular weight excluding hydrogens is 322 g/mol. The third kappa shape index (κ3) is 3.17. The molecule has 1 aliphatic rings. The fourth-order valence-corrected chi connectivity index (χ4v) is 3.65. The van der Waals surface area contributed by atoms with Crippen LogP contribution in [0.5, 0.6) is 0 Å². The Labute approximate surface area is 143 Å². The number of nitrogens with zero attached hydrogens (tertiary/aromatic N) is 1. The topological polar surface area (TPSA) is 63.2 Å². The minimum Gasteiger partial charge on any atom is -0.378 e. The van der Waals surface area contributed by atoms with Crippen LogP contribution in [0.15, 0.2) is 48.5 Å². The lowest BCUT2D eigenvalue weighted by molar-refractivity contribution is -0.120. The van der Waals surface area contributed by atoms with E-state index in [9.17, 15) is 4.79 Å². The molecule has 0 spiro atoms. The molecule has 1 saturated heterocycles. The van der Waals surface area contributed by atoms with Crippen LogP contribution in [0.2, 0.25) is 0 Å². The van der Waals surface area contributed by atoms with E-state index in [4.69, 9.17) is 4.74 Å². The van der Waals surface area contributed by atoms with Crippen molar-refractivity contribution in [3.8, 4) is 10.6 Å². The van der Waals surface area contributed by atoms with E-state index in [1.54, 1.807) is 11.3 Å². The van der Waals surface area contributed by atoms with Gasteiger partial charge < -0.3 is 15.4 Å². The van der Waals surface area contributed by atoms with Gasteiger partial charge in [-0.15, -0.1) is 11.3 Å².